The average molecular weight is 312 g/mol. The van der Waals surface area contributed by atoms with Gasteiger partial charge in [0.1, 0.15) is 0 Å². The van der Waals surface area contributed by atoms with E-state index >= 15 is 0 Å². The van der Waals surface area contributed by atoms with Crippen LogP contribution in [-0.4, -0.2) is 19.8 Å². The van der Waals surface area contributed by atoms with Crippen LogP contribution in [0, 0.1) is 5.92 Å². The molecular formula is C17H26ClNO2. The Bertz CT molecular complexity index is 456. The van der Waals surface area contributed by atoms with E-state index in [1.165, 1.54) is 25.7 Å². The Balaban J connectivity index is 1.99. The summed E-state index contributed by atoms with van der Waals surface area (Å²) in [7, 11) is 1.62. The molecule has 1 aromatic rings. The fourth-order valence-corrected chi connectivity index (χ4v) is 3.22. The van der Waals surface area contributed by atoms with Crippen molar-refractivity contribution in [2.24, 2.45) is 5.92 Å². The topological polar surface area (TPSA) is 30.5 Å². The van der Waals surface area contributed by atoms with Gasteiger partial charge in [-0.2, -0.15) is 0 Å². The number of hydrogen-bond acceptors (Lipinski definition) is 3. The standard InChI is InChI=1S/C17H26ClNO2/c1-4-21-16-10-13(9-15(18)17(16)20-3)11-19-14-7-5-12(2)6-8-14/h9-10,12,14,19H,4-8,11H2,1-3H3. The van der Waals surface area contributed by atoms with Gasteiger partial charge in [-0.3, -0.25) is 0 Å². The predicted molar refractivity (Wildman–Crippen MR) is 87.4 cm³/mol. The molecule has 1 aromatic carbocycles. The number of methoxy groups -OCH3 is 1. The Morgan fingerprint density at radius 3 is 2.57 bits per heavy atom. The lowest BCUT2D eigenvalue weighted by Crippen LogP contribution is -2.32. The fourth-order valence-electron chi connectivity index (χ4n) is 2.91. The molecule has 21 heavy (non-hydrogen) atoms. The van der Waals surface area contributed by atoms with E-state index < -0.39 is 0 Å². The molecule has 0 heterocycles. The molecule has 0 radical (unpaired) electrons. The third kappa shape index (κ3) is 4.52. The maximum Gasteiger partial charge on any atom is 0.179 e. The second-order valence-electron chi connectivity index (χ2n) is 5.88. The Morgan fingerprint density at radius 2 is 1.95 bits per heavy atom. The SMILES string of the molecule is CCOc1cc(CNC2CCC(C)CC2)cc(Cl)c1OC. The highest BCUT2D eigenvalue weighted by molar-refractivity contribution is 6.32. The van der Waals surface area contributed by atoms with Crippen LogP contribution in [0.25, 0.3) is 0 Å². The molecule has 4 heteroatoms. The summed E-state index contributed by atoms with van der Waals surface area (Å²) < 4.78 is 10.9. The highest BCUT2D eigenvalue weighted by atomic mass is 35.5. The van der Waals surface area contributed by atoms with Crippen molar-refractivity contribution in [1.29, 1.82) is 0 Å². The quantitative estimate of drug-likeness (QED) is 0.844. The largest absolute Gasteiger partial charge is 0.491 e. The average Bonchev–Trinajstić information content (AvgIpc) is 2.47. The lowest BCUT2D eigenvalue weighted by Gasteiger charge is -2.27. The van der Waals surface area contributed by atoms with Crippen molar-refractivity contribution in [2.45, 2.75) is 52.1 Å². The number of ether oxygens (including phenoxy) is 2. The van der Waals surface area contributed by atoms with Gasteiger partial charge in [0, 0.05) is 12.6 Å². The molecule has 1 fully saturated rings. The third-order valence-corrected chi connectivity index (χ3v) is 4.46. The smallest absolute Gasteiger partial charge is 0.179 e. The van der Waals surface area contributed by atoms with E-state index in [1.54, 1.807) is 7.11 Å². The number of halogens is 1. The van der Waals surface area contributed by atoms with Gasteiger partial charge in [0.25, 0.3) is 0 Å². The van der Waals surface area contributed by atoms with Crippen LogP contribution in [0.5, 0.6) is 11.5 Å². The Kier molecular flexibility index (Phi) is 6.19. The molecule has 0 aliphatic heterocycles. The minimum absolute atomic E-state index is 0.601. The van der Waals surface area contributed by atoms with E-state index in [2.05, 4.69) is 12.2 Å². The molecule has 0 amide bonds. The molecule has 0 bridgehead atoms. The molecule has 1 aliphatic carbocycles. The lowest BCUT2D eigenvalue weighted by atomic mass is 9.87. The Morgan fingerprint density at radius 1 is 1.24 bits per heavy atom. The lowest BCUT2D eigenvalue weighted by molar-refractivity contribution is 0.304. The van der Waals surface area contributed by atoms with Gasteiger partial charge in [0.05, 0.1) is 18.7 Å². The molecule has 118 valence electrons. The van der Waals surface area contributed by atoms with E-state index in [0.717, 1.165) is 23.8 Å². The Hall–Kier alpha value is -0.930. The Labute approximate surface area is 133 Å². The summed E-state index contributed by atoms with van der Waals surface area (Å²) in [5.74, 6) is 2.22. The first-order valence-electron chi connectivity index (χ1n) is 7.86. The van der Waals surface area contributed by atoms with Crippen molar-refractivity contribution in [2.75, 3.05) is 13.7 Å². The minimum atomic E-state index is 0.601. The number of benzene rings is 1. The molecule has 2 rings (SSSR count). The van der Waals surface area contributed by atoms with Gasteiger partial charge in [0.2, 0.25) is 0 Å². The van der Waals surface area contributed by atoms with E-state index in [-0.39, 0.29) is 0 Å². The number of rotatable bonds is 6. The van der Waals surface area contributed by atoms with Crippen LogP contribution in [0.2, 0.25) is 5.02 Å². The van der Waals surface area contributed by atoms with Crippen molar-refractivity contribution in [3.63, 3.8) is 0 Å². The second kappa shape index (κ2) is 7.90. The summed E-state index contributed by atoms with van der Waals surface area (Å²) in [6.07, 6.45) is 5.18. The molecule has 1 N–H and O–H groups in total. The minimum Gasteiger partial charge on any atom is -0.491 e. The first-order valence-corrected chi connectivity index (χ1v) is 8.24. The first kappa shape index (κ1) is 16.4. The molecule has 0 atom stereocenters. The molecule has 0 spiro atoms. The zero-order valence-electron chi connectivity index (χ0n) is 13.2. The maximum atomic E-state index is 6.28. The van der Waals surface area contributed by atoms with Crippen LogP contribution < -0.4 is 14.8 Å². The summed E-state index contributed by atoms with van der Waals surface area (Å²) in [6, 6.07) is 4.60. The fraction of sp³-hybridized carbons (Fsp3) is 0.647. The van der Waals surface area contributed by atoms with Gasteiger partial charge in [-0.15, -0.1) is 0 Å². The second-order valence-corrected chi connectivity index (χ2v) is 6.29. The first-order chi connectivity index (χ1) is 10.1. The van der Waals surface area contributed by atoms with E-state index in [0.29, 0.717) is 23.4 Å². The molecule has 0 saturated heterocycles. The molecule has 0 unspecified atom stereocenters. The summed E-state index contributed by atoms with van der Waals surface area (Å²) in [5, 5.41) is 4.25. The summed E-state index contributed by atoms with van der Waals surface area (Å²) in [4.78, 5) is 0. The van der Waals surface area contributed by atoms with Crippen LogP contribution >= 0.6 is 11.6 Å². The van der Waals surface area contributed by atoms with Gasteiger partial charge >= 0.3 is 0 Å². The van der Waals surface area contributed by atoms with Crippen molar-refractivity contribution in [3.8, 4) is 11.5 Å². The third-order valence-electron chi connectivity index (χ3n) is 4.18. The van der Waals surface area contributed by atoms with Crippen molar-refractivity contribution < 1.29 is 9.47 Å². The van der Waals surface area contributed by atoms with Crippen molar-refractivity contribution in [1.82, 2.24) is 5.32 Å². The van der Waals surface area contributed by atoms with Gasteiger partial charge in [-0.05, 0) is 56.2 Å². The normalized spacial score (nSPS) is 22.1. The number of nitrogens with one attached hydrogen (secondary N) is 1. The summed E-state index contributed by atoms with van der Waals surface area (Å²) >= 11 is 6.28. The van der Waals surface area contributed by atoms with Crippen LogP contribution in [0.4, 0.5) is 0 Å². The van der Waals surface area contributed by atoms with Gasteiger partial charge in [-0.25, -0.2) is 0 Å². The van der Waals surface area contributed by atoms with Crippen LogP contribution in [0.15, 0.2) is 12.1 Å². The van der Waals surface area contributed by atoms with Crippen molar-refractivity contribution in [3.05, 3.63) is 22.7 Å². The van der Waals surface area contributed by atoms with Crippen LogP contribution in [-0.2, 0) is 6.54 Å². The maximum absolute atomic E-state index is 6.28. The highest BCUT2D eigenvalue weighted by Gasteiger charge is 2.18. The molecule has 1 aliphatic rings. The molecule has 3 nitrogen and oxygen atoms in total. The van der Waals surface area contributed by atoms with E-state index in [1.807, 2.05) is 19.1 Å². The van der Waals surface area contributed by atoms with Crippen molar-refractivity contribution >= 4 is 11.6 Å². The predicted octanol–water partition coefficient (Wildman–Crippen LogP) is 4.42. The molecule has 0 aromatic heterocycles. The van der Waals surface area contributed by atoms with E-state index in [9.17, 15) is 0 Å². The van der Waals surface area contributed by atoms with Crippen LogP contribution in [0.1, 0.15) is 45.1 Å². The molecular weight excluding hydrogens is 286 g/mol. The zero-order valence-corrected chi connectivity index (χ0v) is 14.0. The number of hydrogen-bond donors (Lipinski definition) is 1. The summed E-state index contributed by atoms with van der Waals surface area (Å²) in [6.45, 7) is 5.72. The molecule has 1 saturated carbocycles. The summed E-state index contributed by atoms with van der Waals surface area (Å²) in [5.41, 5.74) is 1.14. The monoisotopic (exact) mass is 311 g/mol. The zero-order chi connectivity index (χ0) is 15.2. The van der Waals surface area contributed by atoms with Crippen LogP contribution in [0.3, 0.4) is 0 Å². The van der Waals surface area contributed by atoms with Gasteiger partial charge < -0.3 is 14.8 Å². The van der Waals surface area contributed by atoms with Gasteiger partial charge in [-0.1, -0.05) is 18.5 Å². The van der Waals surface area contributed by atoms with Gasteiger partial charge in [0.15, 0.2) is 11.5 Å². The highest BCUT2D eigenvalue weighted by Crippen LogP contribution is 2.36. The van der Waals surface area contributed by atoms with E-state index in [4.69, 9.17) is 21.1 Å².